The number of nitrogens with zero attached hydrogens (tertiary/aromatic N) is 2. The molecule has 222 valence electrons. The van der Waals surface area contributed by atoms with Crippen LogP contribution in [0.1, 0.15) is 0 Å². The van der Waals surface area contributed by atoms with Gasteiger partial charge in [0.15, 0.2) is 0 Å². The number of benzene rings is 8. The van der Waals surface area contributed by atoms with Crippen molar-refractivity contribution in [2.24, 2.45) is 0 Å². The molecule has 1 aliphatic carbocycles. The molecule has 1 aliphatic rings. The lowest BCUT2D eigenvalue weighted by Crippen LogP contribution is -1.96. The van der Waals surface area contributed by atoms with Crippen molar-refractivity contribution in [3.8, 4) is 44.8 Å². The number of aromatic nitrogens is 2. The van der Waals surface area contributed by atoms with Gasteiger partial charge < -0.3 is 9.13 Å². The molecule has 0 radical (unpaired) electrons. The van der Waals surface area contributed by atoms with E-state index in [4.69, 9.17) is 0 Å². The minimum Gasteiger partial charge on any atom is -0.309 e. The predicted octanol–water partition coefficient (Wildman–Crippen LogP) is 12.3. The van der Waals surface area contributed by atoms with Gasteiger partial charge in [-0.25, -0.2) is 0 Å². The van der Waals surface area contributed by atoms with Crippen molar-refractivity contribution in [1.29, 1.82) is 0 Å². The molecular weight excluding hydrogens is 581 g/mol. The summed E-state index contributed by atoms with van der Waals surface area (Å²) in [6.45, 7) is 0. The minimum atomic E-state index is 1.17. The molecule has 2 heterocycles. The second kappa shape index (κ2) is 9.57. The Kier molecular flexibility index (Phi) is 5.14. The first-order chi connectivity index (χ1) is 23.8. The van der Waals surface area contributed by atoms with E-state index in [1.54, 1.807) is 0 Å². The summed E-state index contributed by atoms with van der Waals surface area (Å²) < 4.78 is 4.89. The highest BCUT2D eigenvalue weighted by Gasteiger charge is 2.23. The second-order valence-electron chi connectivity index (χ2n) is 12.9. The largest absolute Gasteiger partial charge is 0.309 e. The van der Waals surface area contributed by atoms with Crippen LogP contribution in [0.3, 0.4) is 0 Å². The zero-order valence-corrected chi connectivity index (χ0v) is 26.1. The molecule has 0 fully saturated rings. The molecule has 10 aromatic rings. The van der Waals surface area contributed by atoms with Crippen LogP contribution >= 0.6 is 0 Å². The molecule has 0 atom stereocenters. The molecule has 2 nitrogen and oxygen atoms in total. The summed E-state index contributed by atoms with van der Waals surface area (Å²) in [7, 11) is 0. The Hall–Kier alpha value is -6.38. The SMILES string of the molecule is c1ccc(-c2ccc3c(c2)c2ccccc2n3-c2ccc3c(c2)c2ccccc2n3-c2cc3c4c(cccc4c2)-c2ccccc2-3)cc1. The van der Waals surface area contributed by atoms with E-state index in [0.717, 1.165) is 0 Å². The summed E-state index contributed by atoms with van der Waals surface area (Å²) in [5.41, 5.74) is 15.0. The Bertz CT molecular complexity index is 2940. The molecule has 0 saturated heterocycles. The Labute approximate surface area is 277 Å². The summed E-state index contributed by atoms with van der Waals surface area (Å²) in [5, 5.41) is 7.67. The van der Waals surface area contributed by atoms with Crippen LogP contribution in [-0.2, 0) is 0 Å². The first kappa shape index (κ1) is 25.8. The van der Waals surface area contributed by atoms with Crippen LogP contribution in [0.4, 0.5) is 0 Å². The quantitative estimate of drug-likeness (QED) is 0.189. The average molecular weight is 609 g/mol. The molecule has 2 heteroatoms. The summed E-state index contributed by atoms with van der Waals surface area (Å²) >= 11 is 0. The van der Waals surface area contributed by atoms with Gasteiger partial charge in [0.1, 0.15) is 0 Å². The fourth-order valence-electron chi connectivity index (χ4n) is 8.37. The normalized spacial score (nSPS) is 12.2. The maximum atomic E-state index is 2.45. The number of rotatable bonds is 3. The molecular formula is C46H28N2. The molecule has 0 saturated carbocycles. The number of fused-ring (bicyclic) bond motifs is 9. The minimum absolute atomic E-state index is 1.17. The van der Waals surface area contributed by atoms with Crippen LogP contribution in [0.2, 0.25) is 0 Å². The van der Waals surface area contributed by atoms with E-state index in [1.807, 2.05) is 0 Å². The standard InChI is InChI=1S/C46H28N2/c1-2-11-29(12-3-1)30-21-23-44-39(26-30)36-16-6-8-19-42(36)47(44)32-22-24-45-40(27-32)37-17-7-9-20-43(37)48(45)33-25-31-13-10-18-38-34-14-4-5-15-35(34)41(28-33)46(31)38/h1-28H. The Balaban J connectivity index is 1.16. The van der Waals surface area contributed by atoms with E-state index in [2.05, 4.69) is 179 Å². The van der Waals surface area contributed by atoms with Gasteiger partial charge in [-0.1, -0.05) is 115 Å². The van der Waals surface area contributed by atoms with E-state index < -0.39 is 0 Å². The van der Waals surface area contributed by atoms with Crippen LogP contribution in [0.25, 0.3) is 99.1 Å². The van der Waals surface area contributed by atoms with Gasteiger partial charge in [-0.05, 0) is 98.8 Å². The Morgan fingerprint density at radius 3 is 1.65 bits per heavy atom. The predicted molar refractivity (Wildman–Crippen MR) is 202 cm³/mol. The highest BCUT2D eigenvalue weighted by molar-refractivity contribution is 6.17. The van der Waals surface area contributed by atoms with Gasteiger partial charge in [0.25, 0.3) is 0 Å². The zero-order chi connectivity index (χ0) is 31.3. The fourth-order valence-corrected chi connectivity index (χ4v) is 8.37. The van der Waals surface area contributed by atoms with Crippen molar-refractivity contribution < 1.29 is 0 Å². The van der Waals surface area contributed by atoms with Crippen molar-refractivity contribution in [2.75, 3.05) is 0 Å². The first-order valence-electron chi connectivity index (χ1n) is 16.6. The maximum Gasteiger partial charge on any atom is 0.0542 e. The first-order valence-corrected chi connectivity index (χ1v) is 16.6. The molecule has 0 aliphatic heterocycles. The van der Waals surface area contributed by atoms with Crippen molar-refractivity contribution in [3.63, 3.8) is 0 Å². The van der Waals surface area contributed by atoms with Crippen molar-refractivity contribution >= 4 is 54.4 Å². The topological polar surface area (TPSA) is 9.86 Å². The molecule has 0 bridgehead atoms. The fraction of sp³-hybridized carbons (Fsp3) is 0. The van der Waals surface area contributed by atoms with Crippen LogP contribution in [0, 0.1) is 0 Å². The summed E-state index contributed by atoms with van der Waals surface area (Å²) in [6, 6.07) is 62.5. The number of hydrogen-bond donors (Lipinski definition) is 0. The molecule has 48 heavy (non-hydrogen) atoms. The molecule has 0 amide bonds. The molecule has 0 unspecified atom stereocenters. The van der Waals surface area contributed by atoms with Gasteiger partial charge in [0.05, 0.1) is 22.1 Å². The maximum absolute atomic E-state index is 2.45. The lowest BCUT2D eigenvalue weighted by molar-refractivity contribution is 1.17. The van der Waals surface area contributed by atoms with Crippen LogP contribution in [-0.4, -0.2) is 9.13 Å². The van der Waals surface area contributed by atoms with Crippen LogP contribution in [0.5, 0.6) is 0 Å². The van der Waals surface area contributed by atoms with Gasteiger partial charge in [-0.15, -0.1) is 0 Å². The molecule has 0 spiro atoms. The van der Waals surface area contributed by atoms with Crippen molar-refractivity contribution in [2.45, 2.75) is 0 Å². The van der Waals surface area contributed by atoms with Crippen molar-refractivity contribution in [1.82, 2.24) is 9.13 Å². The highest BCUT2D eigenvalue weighted by atomic mass is 15.0. The van der Waals surface area contributed by atoms with E-state index in [-0.39, 0.29) is 0 Å². The van der Waals surface area contributed by atoms with E-state index in [9.17, 15) is 0 Å². The lowest BCUT2D eigenvalue weighted by atomic mass is 10.0. The van der Waals surface area contributed by atoms with Gasteiger partial charge >= 0.3 is 0 Å². The molecule has 8 aromatic carbocycles. The second-order valence-corrected chi connectivity index (χ2v) is 12.9. The molecule has 0 N–H and O–H groups in total. The Morgan fingerprint density at radius 2 is 0.875 bits per heavy atom. The van der Waals surface area contributed by atoms with Crippen molar-refractivity contribution in [3.05, 3.63) is 170 Å². The number of para-hydroxylation sites is 2. The number of hydrogen-bond acceptors (Lipinski definition) is 0. The highest BCUT2D eigenvalue weighted by Crippen LogP contribution is 2.48. The molecule has 2 aromatic heterocycles. The third kappa shape index (κ3) is 3.46. The van der Waals surface area contributed by atoms with Crippen LogP contribution in [0.15, 0.2) is 170 Å². The summed E-state index contributed by atoms with van der Waals surface area (Å²) in [6.07, 6.45) is 0. The smallest absolute Gasteiger partial charge is 0.0542 e. The average Bonchev–Trinajstić information content (AvgIpc) is 3.78. The van der Waals surface area contributed by atoms with Gasteiger partial charge in [-0.2, -0.15) is 0 Å². The monoisotopic (exact) mass is 608 g/mol. The summed E-state index contributed by atoms with van der Waals surface area (Å²) in [5.74, 6) is 0. The third-order valence-electron chi connectivity index (χ3n) is 10.4. The van der Waals surface area contributed by atoms with Crippen LogP contribution < -0.4 is 0 Å². The van der Waals surface area contributed by atoms with Gasteiger partial charge in [-0.3, -0.25) is 0 Å². The lowest BCUT2D eigenvalue weighted by Gasteiger charge is -2.13. The van der Waals surface area contributed by atoms with Gasteiger partial charge in [0, 0.05) is 32.9 Å². The van der Waals surface area contributed by atoms with Gasteiger partial charge in [0.2, 0.25) is 0 Å². The van der Waals surface area contributed by atoms with E-state index >= 15 is 0 Å². The molecule has 11 rings (SSSR count). The van der Waals surface area contributed by atoms with E-state index in [0.29, 0.717) is 0 Å². The Morgan fingerprint density at radius 1 is 0.292 bits per heavy atom. The summed E-state index contributed by atoms with van der Waals surface area (Å²) in [4.78, 5) is 0. The third-order valence-corrected chi connectivity index (χ3v) is 10.4. The zero-order valence-electron chi connectivity index (χ0n) is 26.1. The van der Waals surface area contributed by atoms with E-state index in [1.165, 1.54) is 99.1 Å².